The first kappa shape index (κ1) is 20.4. The normalized spacial score (nSPS) is 12.7. The van der Waals surface area contributed by atoms with E-state index in [0.717, 1.165) is 12.1 Å². The first-order valence-corrected chi connectivity index (χ1v) is 9.76. The van der Waals surface area contributed by atoms with Crippen molar-refractivity contribution in [3.05, 3.63) is 52.7 Å². The summed E-state index contributed by atoms with van der Waals surface area (Å²) in [5.41, 5.74) is 0.0827. The third-order valence-corrected chi connectivity index (χ3v) is 5.67. The van der Waals surface area contributed by atoms with Crippen LogP contribution in [-0.4, -0.2) is 32.6 Å². The summed E-state index contributed by atoms with van der Waals surface area (Å²) in [6, 6.07) is 6.57. The number of aromatic nitrogens is 1. The lowest BCUT2D eigenvalue weighted by molar-refractivity contribution is -0.137. The van der Waals surface area contributed by atoms with Crippen molar-refractivity contribution in [3.63, 3.8) is 0 Å². The molecule has 0 atom stereocenters. The predicted molar refractivity (Wildman–Crippen MR) is 98.7 cm³/mol. The van der Waals surface area contributed by atoms with Crippen LogP contribution in [0.5, 0.6) is 0 Å². The van der Waals surface area contributed by atoms with Crippen LogP contribution in [0.25, 0.3) is 11.0 Å². The molecule has 28 heavy (non-hydrogen) atoms. The van der Waals surface area contributed by atoms with Gasteiger partial charge in [-0.25, -0.2) is 8.42 Å². The smallest absolute Gasteiger partial charge is 0.356 e. The van der Waals surface area contributed by atoms with Gasteiger partial charge in [0.15, 0.2) is 5.58 Å². The summed E-state index contributed by atoms with van der Waals surface area (Å²) in [5.74, 6) is 0. The zero-order valence-corrected chi connectivity index (χ0v) is 16.3. The summed E-state index contributed by atoms with van der Waals surface area (Å²) in [7, 11) is -0.686. The van der Waals surface area contributed by atoms with Gasteiger partial charge in [0.25, 0.3) is 10.0 Å². The number of nitrogens with zero attached hydrogens (tertiary/aromatic N) is 2. The van der Waals surface area contributed by atoms with Crippen LogP contribution in [0.15, 0.2) is 45.8 Å². The number of alkyl halides is 3. The summed E-state index contributed by atoms with van der Waals surface area (Å²) in [6.07, 6.45) is -4.70. The fourth-order valence-electron chi connectivity index (χ4n) is 2.56. The highest BCUT2D eigenvalue weighted by molar-refractivity contribution is 7.92. The number of anilines is 1. The molecule has 1 aromatic heterocycles. The molecule has 0 radical (unpaired) electrons. The van der Waals surface area contributed by atoms with Gasteiger partial charge in [0.05, 0.1) is 10.6 Å². The topological polar surface area (TPSA) is 75.4 Å². The number of halogens is 4. The molecule has 0 aliphatic heterocycles. The molecule has 1 N–H and O–H groups in total. The molecule has 1 heterocycles. The van der Waals surface area contributed by atoms with E-state index in [1.165, 1.54) is 18.2 Å². The van der Waals surface area contributed by atoms with E-state index in [-0.39, 0.29) is 10.7 Å². The zero-order valence-electron chi connectivity index (χ0n) is 14.7. The van der Waals surface area contributed by atoms with Crippen LogP contribution in [0.3, 0.4) is 0 Å². The first-order valence-electron chi connectivity index (χ1n) is 7.90. The zero-order chi connectivity index (χ0) is 20.7. The van der Waals surface area contributed by atoms with E-state index >= 15 is 0 Å². The van der Waals surface area contributed by atoms with Crippen molar-refractivity contribution in [2.45, 2.75) is 17.6 Å². The molecule has 0 amide bonds. The summed E-state index contributed by atoms with van der Waals surface area (Å²) in [4.78, 5) is 1.19. The molecule has 11 heteroatoms. The van der Waals surface area contributed by atoms with E-state index in [1.54, 1.807) is 0 Å². The summed E-state index contributed by atoms with van der Waals surface area (Å²) in [6.45, 7) is 0.461. The lowest BCUT2D eigenvalue weighted by atomic mass is 10.2. The quantitative estimate of drug-likeness (QED) is 0.647. The molecule has 0 unspecified atom stereocenters. The average molecular weight is 434 g/mol. The largest absolute Gasteiger partial charge is 0.416 e. The third kappa shape index (κ3) is 4.23. The minimum atomic E-state index is -4.70. The number of rotatable bonds is 5. The Kier molecular flexibility index (Phi) is 5.30. The Hall–Kier alpha value is -2.30. The van der Waals surface area contributed by atoms with Crippen molar-refractivity contribution in [2.75, 3.05) is 18.8 Å². The fourth-order valence-corrected chi connectivity index (χ4v) is 4.14. The molecular formula is C17H15ClF3N3O3S. The van der Waals surface area contributed by atoms with Crippen molar-refractivity contribution in [1.82, 2.24) is 10.1 Å². The van der Waals surface area contributed by atoms with Gasteiger partial charge in [0.2, 0.25) is 0 Å². The summed E-state index contributed by atoms with van der Waals surface area (Å²) < 4.78 is 71.5. The van der Waals surface area contributed by atoms with Gasteiger partial charge in [-0.1, -0.05) is 16.8 Å². The number of fused-ring (bicyclic) bond motifs is 1. The Morgan fingerprint density at radius 1 is 1.18 bits per heavy atom. The highest BCUT2D eigenvalue weighted by Crippen LogP contribution is 2.34. The molecule has 0 saturated carbocycles. The number of benzene rings is 2. The van der Waals surface area contributed by atoms with Gasteiger partial charge < -0.3 is 9.42 Å². The van der Waals surface area contributed by atoms with Gasteiger partial charge in [-0.3, -0.25) is 4.72 Å². The van der Waals surface area contributed by atoms with Crippen LogP contribution in [0.1, 0.15) is 11.3 Å². The summed E-state index contributed by atoms with van der Waals surface area (Å²) in [5, 5.41) is 4.21. The first-order chi connectivity index (χ1) is 13.0. The van der Waals surface area contributed by atoms with Gasteiger partial charge in [-0.15, -0.1) is 0 Å². The van der Waals surface area contributed by atoms with Crippen LogP contribution in [-0.2, 0) is 22.7 Å². The highest BCUT2D eigenvalue weighted by atomic mass is 35.5. The molecule has 0 fully saturated rings. The Morgan fingerprint density at radius 3 is 2.54 bits per heavy atom. The van der Waals surface area contributed by atoms with E-state index in [0.29, 0.717) is 29.3 Å². The molecule has 3 aromatic rings. The van der Waals surface area contributed by atoms with Gasteiger partial charge in [0.1, 0.15) is 10.6 Å². The SMILES string of the molecule is CN(C)Cc1noc2ccc(NS(=O)(=O)c3cc(C(F)(F)F)ccc3Cl)cc12. The van der Waals surface area contributed by atoms with Crippen molar-refractivity contribution >= 4 is 38.3 Å². The number of hydrogen-bond donors (Lipinski definition) is 1. The molecule has 3 rings (SSSR count). The Morgan fingerprint density at radius 2 is 1.89 bits per heavy atom. The Balaban J connectivity index is 1.99. The average Bonchev–Trinajstić information content (AvgIpc) is 2.95. The van der Waals surface area contributed by atoms with Gasteiger partial charge in [0, 0.05) is 17.6 Å². The Labute approximate surface area is 163 Å². The number of nitrogens with one attached hydrogen (secondary N) is 1. The predicted octanol–water partition coefficient (Wildman–Crippen LogP) is 4.36. The van der Waals surface area contributed by atoms with Crippen molar-refractivity contribution in [1.29, 1.82) is 0 Å². The molecule has 0 aliphatic carbocycles. The van der Waals surface area contributed by atoms with E-state index in [1.807, 2.05) is 19.0 Å². The molecule has 0 saturated heterocycles. The van der Waals surface area contributed by atoms with E-state index in [2.05, 4.69) is 9.88 Å². The second kappa shape index (κ2) is 7.26. The maximum absolute atomic E-state index is 12.9. The van der Waals surface area contributed by atoms with Crippen molar-refractivity contribution < 1.29 is 26.1 Å². The molecule has 0 bridgehead atoms. The maximum atomic E-state index is 12.9. The van der Waals surface area contributed by atoms with Crippen LogP contribution >= 0.6 is 11.6 Å². The molecule has 150 valence electrons. The van der Waals surface area contributed by atoms with Gasteiger partial charge in [-0.05, 0) is 50.5 Å². The molecule has 2 aromatic carbocycles. The minimum Gasteiger partial charge on any atom is -0.356 e. The molecule has 0 aliphatic rings. The van der Waals surface area contributed by atoms with E-state index < -0.39 is 26.7 Å². The van der Waals surface area contributed by atoms with Crippen molar-refractivity contribution in [3.8, 4) is 0 Å². The lowest BCUT2D eigenvalue weighted by Gasteiger charge is -2.13. The minimum absolute atomic E-state index is 0.143. The van der Waals surface area contributed by atoms with Gasteiger partial charge >= 0.3 is 6.18 Å². The number of hydrogen-bond acceptors (Lipinski definition) is 5. The second-order valence-corrected chi connectivity index (χ2v) is 8.38. The lowest BCUT2D eigenvalue weighted by Crippen LogP contribution is -2.15. The monoisotopic (exact) mass is 433 g/mol. The highest BCUT2D eigenvalue weighted by Gasteiger charge is 2.32. The van der Waals surface area contributed by atoms with E-state index in [9.17, 15) is 21.6 Å². The number of sulfonamides is 1. The van der Waals surface area contributed by atoms with Crippen molar-refractivity contribution in [2.24, 2.45) is 0 Å². The van der Waals surface area contributed by atoms with Crippen LogP contribution in [0.4, 0.5) is 18.9 Å². The van der Waals surface area contributed by atoms with Gasteiger partial charge in [-0.2, -0.15) is 13.2 Å². The maximum Gasteiger partial charge on any atom is 0.416 e. The molecular weight excluding hydrogens is 419 g/mol. The summed E-state index contributed by atoms with van der Waals surface area (Å²) >= 11 is 5.84. The standard InChI is InChI=1S/C17H15ClF3N3O3S/c1-24(2)9-14-12-8-11(4-6-15(12)27-22-14)23-28(25,26)16-7-10(17(19,20)21)3-5-13(16)18/h3-8,23H,9H2,1-2H3. The van der Waals surface area contributed by atoms with Crippen LogP contribution in [0.2, 0.25) is 5.02 Å². The Bertz CT molecular complexity index is 1130. The fraction of sp³-hybridized carbons (Fsp3) is 0.235. The van der Waals surface area contributed by atoms with E-state index in [4.69, 9.17) is 16.1 Å². The van der Waals surface area contributed by atoms with Crippen LogP contribution < -0.4 is 4.72 Å². The van der Waals surface area contributed by atoms with Crippen LogP contribution in [0, 0.1) is 0 Å². The second-order valence-electron chi connectivity index (χ2n) is 6.33. The third-order valence-electron chi connectivity index (χ3n) is 3.81. The molecule has 0 spiro atoms. The molecule has 6 nitrogen and oxygen atoms in total.